The zero-order valence-corrected chi connectivity index (χ0v) is 12.3. The largest absolute Gasteiger partial charge is 0.381 e. The van der Waals surface area contributed by atoms with Crippen LogP contribution in [0.15, 0.2) is 30.3 Å². The van der Waals surface area contributed by atoms with Crippen molar-refractivity contribution < 1.29 is 14.3 Å². The van der Waals surface area contributed by atoms with Gasteiger partial charge in [-0.25, -0.2) is 0 Å². The molecule has 1 atom stereocenters. The number of amides is 1. The molecule has 0 aromatic heterocycles. The first-order valence-corrected chi connectivity index (χ1v) is 7.84. The van der Waals surface area contributed by atoms with Gasteiger partial charge < -0.3 is 14.8 Å². The summed E-state index contributed by atoms with van der Waals surface area (Å²) >= 11 is 0. The number of carbonyl (C=O) groups is 1. The van der Waals surface area contributed by atoms with Gasteiger partial charge in [0.05, 0.1) is 11.5 Å². The fraction of sp³-hybridized carbons (Fsp3) is 0.588. The Bertz CT molecular complexity index is 462. The van der Waals surface area contributed by atoms with Gasteiger partial charge in [-0.3, -0.25) is 4.79 Å². The topological polar surface area (TPSA) is 47.6 Å². The molecule has 0 aliphatic carbocycles. The van der Waals surface area contributed by atoms with Crippen LogP contribution >= 0.6 is 0 Å². The molecule has 2 aliphatic heterocycles. The molecule has 1 amide bonds. The molecule has 4 heteroatoms. The second kappa shape index (κ2) is 6.58. The van der Waals surface area contributed by atoms with Gasteiger partial charge >= 0.3 is 0 Å². The van der Waals surface area contributed by atoms with Crippen LogP contribution in [0.1, 0.15) is 31.2 Å². The Morgan fingerprint density at radius 2 is 1.95 bits per heavy atom. The van der Waals surface area contributed by atoms with Crippen molar-refractivity contribution in [3.05, 3.63) is 35.9 Å². The summed E-state index contributed by atoms with van der Waals surface area (Å²) in [5.41, 5.74) is 0.649. The van der Waals surface area contributed by atoms with Crippen molar-refractivity contribution in [3.8, 4) is 0 Å². The Morgan fingerprint density at radius 3 is 2.62 bits per heavy atom. The smallest absolute Gasteiger partial charge is 0.230 e. The van der Waals surface area contributed by atoms with E-state index in [4.69, 9.17) is 9.47 Å². The minimum absolute atomic E-state index is 0.118. The maximum atomic E-state index is 12.9. The van der Waals surface area contributed by atoms with E-state index in [0.29, 0.717) is 19.8 Å². The first-order valence-electron chi connectivity index (χ1n) is 7.84. The number of carbonyl (C=O) groups excluding carboxylic acids is 1. The van der Waals surface area contributed by atoms with Crippen LogP contribution in [0.25, 0.3) is 0 Å². The van der Waals surface area contributed by atoms with Crippen molar-refractivity contribution in [2.45, 2.75) is 37.2 Å². The predicted molar refractivity (Wildman–Crippen MR) is 80.2 cm³/mol. The van der Waals surface area contributed by atoms with Gasteiger partial charge in [-0.05, 0) is 31.2 Å². The highest BCUT2D eigenvalue weighted by Gasteiger charge is 2.41. The number of ether oxygens (including phenoxy) is 2. The van der Waals surface area contributed by atoms with E-state index in [1.165, 1.54) is 0 Å². The summed E-state index contributed by atoms with van der Waals surface area (Å²) < 4.78 is 11.1. The Kier molecular flexibility index (Phi) is 4.56. The summed E-state index contributed by atoms with van der Waals surface area (Å²) in [6.45, 7) is 2.72. The highest BCUT2D eigenvalue weighted by molar-refractivity contribution is 5.88. The molecule has 2 aliphatic rings. The van der Waals surface area contributed by atoms with Crippen LogP contribution in [-0.2, 0) is 19.7 Å². The molecule has 1 unspecified atom stereocenters. The lowest BCUT2D eigenvalue weighted by Gasteiger charge is -2.36. The van der Waals surface area contributed by atoms with E-state index in [1.54, 1.807) is 0 Å². The quantitative estimate of drug-likeness (QED) is 0.922. The molecule has 2 saturated heterocycles. The molecule has 0 radical (unpaired) electrons. The molecule has 21 heavy (non-hydrogen) atoms. The third-order valence-corrected chi connectivity index (χ3v) is 4.62. The summed E-state index contributed by atoms with van der Waals surface area (Å²) in [5, 5.41) is 3.11. The molecule has 3 rings (SSSR count). The number of hydrogen-bond donors (Lipinski definition) is 1. The van der Waals surface area contributed by atoms with Crippen molar-refractivity contribution in [2.24, 2.45) is 0 Å². The molecule has 1 aromatic rings. The second-order valence-electron chi connectivity index (χ2n) is 5.91. The van der Waals surface area contributed by atoms with Crippen molar-refractivity contribution in [2.75, 3.05) is 26.4 Å². The van der Waals surface area contributed by atoms with E-state index in [1.807, 2.05) is 18.2 Å². The molecule has 0 bridgehead atoms. The van der Waals surface area contributed by atoms with Gasteiger partial charge in [0, 0.05) is 26.4 Å². The van der Waals surface area contributed by atoms with Gasteiger partial charge in [-0.1, -0.05) is 30.3 Å². The lowest BCUT2D eigenvalue weighted by Crippen LogP contribution is -2.49. The maximum absolute atomic E-state index is 12.9. The Hall–Kier alpha value is -1.39. The van der Waals surface area contributed by atoms with E-state index in [0.717, 1.165) is 37.9 Å². The monoisotopic (exact) mass is 289 g/mol. The first kappa shape index (κ1) is 14.5. The fourth-order valence-corrected chi connectivity index (χ4v) is 3.30. The van der Waals surface area contributed by atoms with Crippen LogP contribution in [0.2, 0.25) is 0 Å². The van der Waals surface area contributed by atoms with E-state index >= 15 is 0 Å². The molecular weight excluding hydrogens is 266 g/mol. The summed E-state index contributed by atoms with van der Waals surface area (Å²) in [6, 6.07) is 10.1. The zero-order chi connectivity index (χ0) is 14.5. The lowest BCUT2D eigenvalue weighted by molar-refractivity contribution is -0.131. The average Bonchev–Trinajstić information content (AvgIpc) is 3.07. The van der Waals surface area contributed by atoms with E-state index < -0.39 is 5.41 Å². The third kappa shape index (κ3) is 3.11. The number of hydrogen-bond acceptors (Lipinski definition) is 3. The van der Waals surface area contributed by atoms with Gasteiger partial charge in [0.1, 0.15) is 0 Å². The van der Waals surface area contributed by atoms with Gasteiger partial charge in [0.15, 0.2) is 0 Å². The van der Waals surface area contributed by atoms with Gasteiger partial charge in [-0.15, -0.1) is 0 Å². The van der Waals surface area contributed by atoms with Gasteiger partial charge in [0.25, 0.3) is 0 Å². The average molecular weight is 289 g/mol. The van der Waals surface area contributed by atoms with Crippen LogP contribution < -0.4 is 5.32 Å². The molecule has 2 heterocycles. The predicted octanol–water partition coefficient (Wildman–Crippen LogP) is 2.03. The molecule has 114 valence electrons. The highest BCUT2D eigenvalue weighted by Crippen LogP contribution is 2.35. The Balaban J connectivity index is 1.73. The number of benzene rings is 1. The molecule has 0 saturated carbocycles. The number of nitrogens with one attached hydrogen (secondary N) is 1. The van der Waals surface area contributed by atoms with Gasteiger partial charge in [0.2, 0.25) is 5.91 Å². The normalized spacial score (nSPS) is 24.7. The summed E-state index contributed by atoms with van der Waals surface area (Å²) in [7, 11) is 0. The molecule has 4 nitrogen and oxygen atoms in total. The summed E-state index contributed by atoms with van der Waals surface area (Å²) in [5.74, 6) is 0.118. The standard InChI is InChI=1S/C17H23NO3/c19-16(18-13-15-7-4-10-21-15)17(8-11-20-12-9-17)14-5-2-1-3-6-14/h1-3,5-6,15H,4,7-13H2,(H,18,19). The van der Waals surface area contributed by atoms with Crippen molar-refractivity contribution in [3.63, 3.8) is 0 Å². The molecule has 2 fully saturated rings. The fourth-order valence-electron chi connectivity index (χ4n) is 3.30. The van der Waals surface area contributed by atoms with Crippen molar-refractivity contribution in [1.29, 1.82) is 0 Å². The number of rotatable bonds is 4. The summed E-state index contributed by atoms with van der Waals surface area (Å²) in [6.07, 6.45) is 3.81. The van der Waals surface area contributed by atoms with Crippen LogP contribution in [-0.4, -0.2) is 38.4 Å². The van der Waals surface area contributed by atoms with E-state index in [9.17, 15) is 4.79 Å². The second-order valence-corrected chi connectivity index (χ2v) is 5.91. The van der Waals surface area contributed by atoms with Crippen molar-refractivity contribution in [1.82, 2.24) is 5.32 Å². The molecular formula is C17H23NO3. The Labute approximate surface area is 125 Å². The van der Waals surface area contributed by atoms with Crippen LogP contribution in [0.3, 0.4) is 0 Å². The van der Waals surface area contributed by atoms with E-state index in [2.05, 4.69) is 17.4 Å². The van der Waals surface area contributed by atoms with Crippen LogP contribution in [0, 0.1) is 0 Å². The highest BCUT2D eigenvalue weighted by atomic mass is 16.5. The Morgan fingerprint density at radius 1 is 1.19 bits per heavy atom. The summed E-state index contributed by atoms with van der Waals surface area (Å²) in [4.78, 5) is 12.9. The SMILES string of the molecule is O=C(NCC1CCCO1)C1(c2ccccc2)CCOCC1. The van der Waals surface area contributed by atoms with Crippen LogP contribution in [0.5, 0.6) is 0 Å². The minimum Gasteiger partial charge on any atom is -0.381 e. The first-order chi connectivity index (χ1) is 10.3. The van der Waals surface area contributed by atoms with E-state index in [-0.39, 0.29) is 12.0 Å². The third-order valence-electron chi connectivity index (χ3n) is 4.62. The van der Waals surface area contributed by atoms with Gasteiger partial charge in [-0.2, -0.15) is 0 Å². The maximum Gasteiger partial charge on any atom is 0.230 e. The lowest BCUT2D eigenvalue weighted by atomic mass is 9.73. The molecule has 1 aromatic carbocycles. The molecule has 1 N–H and O–H groups in total. The van der Waals surface area contributed by atoms with Crippen LogP contribution in [0.4, 0.5) is 0 Å². The minimum atomic E-state index is -0.446. The zero-order valence-electron chi connectivity index (χ0n) is 12.3. The van der Waals surface area contributed by atoms with Crippen molar-refractivity contribution >= 4 is 5.91 Å². The molecule has 0 spiro atoms.